The van der Waals surface area contributed by atoms with E-state index in [1.54, 1.807) is 0 Å². The summed E-state index contributed by atoms with van der Waals surface area (Å²) in [5.41, 5.74) is 0.115. The Morgan fingerprint density at radius 2 is 2.00 bits per heavy atom. The number of hydrogen-bond acceptors (Lipinski definition) is 1. The minimum Gasteiger partial charge on any atom is -0.256 e. The van der Waals surface area contributed by atoms with Gasteiger partial charge in [-0.2, -0.15) is 18.3 Å². The highest BCUT2D eigenvalue weighted by Crippen LogP contribution is 2.25. The van der Waals surface area contributed by atoms with E-state index in [2.05, 4.69) is 21.0 Å². The lowest BCUT2D eigenvalue weighted by Crippen LogP contribution is -2.18. The Morgan fingerprint density at radius 1 is 1.31 bits per heavy atom. The fourth-order valence-corrected chi connectivity index (χ4v) is 1.82. The second kappa shape index (κ2) is 3.73. The van der Waals surface area contributed by atoms with Gasteiger partial charge in [0.2, 0.25) is 0 Å². The number of aromatic nitrogens is 2. The predicted molar refractivity (Wildman–Crippen MR) is 53.4 cm³/mol. The molecule has 2 aromatic rings. The summed E-state index contributed by atoms with van der Waals surface area (Å²) in [7, 11) is 0. The third kappa shape index (κ3) is 2.18. The average molecular weight is 297 g/mol. The van der Waals surface area contributed by atoms with Crippen molar-refractivity contribution in [2.45, 2.75) is 12.7 Å². The zero-order chi connectivity index (χ0) is 11.9. The maximum absolute atomic E-state index is 13.3. The average Bonchev–Trinajstić information content (AvgIpc) is 2.46. The molecule has 0 atom stereocenters. The van der Waals surface area contributed by atoms with Crippen molar-refractivity contribution in [2.24, 2.45) is 0 Å². The first-order valence-electron chi connectivity index (χ1n) is 4.24. The van der Waals surface area contributed by atoms with Crippen LogP contribution < -0.4 is 0 Å². The summed E-state index contributed by atoms with van der Waals surface area (Å²) in [6.07, 6.45) is -3.29. The molecule has 0 aliphatic carbocycles. The van der Waals surface area contributed by atoms with Gasteiger partial charge in [-0.05, 0) is 12.1 Å². The van der Waals surface area contributed by atoms with Crippen LogP contribution >= 0.6 is 15.9 Å². The van der Waals surface area contributed by atoms with Gasteiger partial charge >= 0.3 is 6.18 Å². The van der Waals surface area contributed by atoms with E-state index in [4.69, 9.17) is 0 Å². The van der Waals surface area contributed by atoms with Crippen molar-refractivity contribution >= 4 is 26.8 Å². The van der Waals surface area contributed by atoms with Crippen molar-refractivity contribution in [3.63, 3.8) is 0 Å². The van der Waals surface area contributed by atoms with Crippen LogP contribution in [0.1, 0.15) is 0 Å². The van der Waals surface area contributed by atoms with E-state index < -0.39 is 18.5 Å². The Balaban J connectivity index is 2.56. The van der Waals surface area contributed by atoms with Crippen LogP contribution in [0, 0.1) is 5.82 Å². The quantitative estimate of drug-likeness (QED) is 0.737. The highest BCUT2D eigenvalue weighted by molar-refractivity contribution is 9.10. The molecule has 0 fully saturated rings. The summed E-state index contributed by atoms with van der Waals surface area (Å²) in [5, 5.41) is 3.59. The predicted octanol–water partition coefficient (Wildman–Crippen LogP) is 3.50. The van der Waals surface area contributed by atoms with Crippen LogP contribution in [0.4, 0.5) is 17.6 Å². The number of benzene rings is 1. The molecule has 0 spiro atoms. The summed E-state index contributed by atoms with van der Waals surface area (Å²) in [5.74, 6) is -0.599. The number of nitrogens with zero attached hydrogens (tertiary/aromatic N) is 2. The molecule has 1 aromatic heterocycles. The molecule has 0 N–H and O–H groups in total. The lowest BCUT2D eigenvalue weighted by atomic mass is 10.2. The molecular formula is C9H5BrF4N2. The highest BCUT2D eigenvalue weighted by Gasteiger charge is 2.29. The van der Waals surface area contributed by atoms with E-state index in [0.29, 0.717) is 4.47 Å². The molecule has 0 amide bonds. The van der Waals surface area contributed by atoms with Crippen molar-refractivity contribution in [3.8, 4) is 0 Å². The van der Waals surface area contributed by atoms with E-state index in [-0.39, 0.29) is 10.9 Å². The van der Waals surface area contributed by atoms with Gasteiger partial charge in [0.1, 0.15) is 12.4 Å². The number of rotatable bonds is 1. The second-order valence-electron chi connectivity index (χ2n) is 3.24. The van der Waals surface area contributed by atoms with Crippen LogP contribution in [0.5, 0.6) is 0 Å². The maximum Gasteiger partial charge on any atom is 0.408 e. The normalized spacial score (nSPS) is 12.3. The second-order valence-corrected chi connectivity index (χ2v) is 4.15. The number of hydrogen-bond donors (Lipinski definition) is 0. The molecule has 0 aliphatic heterocycles. The first-order chi connectivity index (χ1) is 7.37. The molecule has 2 nitrogen and oxygen atoms in total. The van der Waals surface area contributed by atoms with Gasteiger partial charge in [0.15, 0.2) is 0 Å². The molecule has 0 bridgehead atoms. The third-order valence-electron chi connectivity index (χ3n) is 2.01. The van der Waals surface area contributed by atoms with E-state index >= 15 is 0 Å². The van der Waals surface area contributed by atoms with Crippen molar-refractivity contribution in [1.82, 2.24) is 9.78 Å². The van der Waals surface area contributed by atoms with E-state index in [1.165, 1.54) is 12.1 Å². The standard InChI is InChI=1S/C9H5BrF4N2/c10-5-1-7(11)6-3-15-16(8(6)2-5)4-9(12,13)14/h1-3H,4H2. The Hall–Kier alpha value is -1.11. The van der Waals surface area contributed by atoms with Crippen LogP contribution in [0.15, 0.2) is 22.8 Å². The molecule has 2 rings (SSSR count). The molecule has 0 saturated heterocycles. The lowest BCUT2D eigenvalue weighted by Gasteiger charge is -2.07. The third-order valence-corrected chi connectivity index (χ3v) is 2.46. The summed E-state index contributed by atoms with van der Waals surface area (Å²) in [6.45, 7) is -1.23. The largest absolute Gasteiger partial charge is 0.408 e. The van der Waals surface area contributed by atoms with E-state index in [1.807, 2.05) is 0 Å². The molecule has 1 heterocycles. The Morgan fingerprint density at radius 3 is 2.62 bits per heavy atom. The molecule has 0 unspecified atom stereocenters. The van der Waals surface area contributed by atoms with Crippen LogP contribution in [0.3, 0.4) is 0 Å². The maximum atomic E-state index is 13.3. The smallest absolute Gasteiger partial charge is 0.256 e. The molecular weight excluding hydrogens is 292 g/mol. The number of fused-ring (bicyclic) bond motifs is 1. The molecule has 7 heteroatoms. The van der Waals surface area contributed by atoms with Gasteiger partial charge in [0.05, 0.1) is 17.1 Å². The van der Waals surface area contributed by atoms with Crippen molar-refractivity contribution < 1.29 is 17.6 Å². The molecule has 1 aromatic carbocycles. The Bertz CT molecular complexity index is 532. The minimum absolute atomic E-state index is 0.0763. The van der Waals surface area contributed by atoms with Crippen molar-refractivity contribution in [3.05, 3.63) is 28.6 Å². The van der Waals surface area contributed by atoms with Gasteiger partial charge in [0.25, 0.3) is 0 Å². The molecule has 0 radical (unpaired) electrons. The summed E-state index contributed by atoms with van der Waals surface area (Å²) >= 11 is 3.02. The monoisotopic (exact) mass is 296 g/mol. The molecule has 16 heavy (non-hydrogen) atoms. The fraction of sp³-hybridized carbons (Fsp3) is 0.222. The van der Waals surface area contributed by atoms with Crippen LogP contribution in [-0.4, -0.2) is 16.0 Å². The van der Waals surface area contributed by atoms with E-state index in [0.717, 1.165) is 10.9 Å². The first-order valence-corrected chi connectivity index (χ1v) is 5.03. The highest BCUT2D eigenvalue weighted by atomic mass is 79.9. The van der Waals surface area contributed by atoms with Gasteiger partial charge in [-0.25, -0.2) is 4.39 Å². The SMILES string of the molecule is Fc1cc(Br)cc2c1cnn2CC(F)(F)F. The van der Waals surface area contributed by atoms with Crippen LogP contribution in [0.25, 0.3) is 10.9 Å². The Labute approximate surface area is 96.0 Å². The van der Waals surface area contributed by atoms with Crippen LogP contribution in [-0.2, 0) is 6.54 Å². The van der Waals surface area contributed by atoms with Crippen molar-refractivity contribution in [1.29, 1.82) is 0 Å². The van der Waals surface area contributed by atoms with Crippen LogP contribution in [0.2, 0.25) is 0 Å². The molecule has 86 valence electrons. The van der Waals surface area contributed by atoms with Gasteiger partial charge in [-0.15, -0.1) is 0 Å². The topological polar surface area (TPSA) is 17.8 Å². The minimum atomic E-state index is -4.38. The zero-order valence-corrected chi connectivity index (χ0v) is 9.31. The van der Waals surface area contributed by atoms with E-state index in [9.17, 15) is 17.6 Å². The lowest BCUT2D eigenvalue weighted by molar-refractivity contribution is -0.141. The van der Waals surface area contributed by atoms with Gasteiger partial charge in [-0.3, -0.25) is 4.68 Å². The molecule has 0 aliphatic rings. The number of alkyl halides is 3. The zero-order valence-electron chi connectivity index (χ0n) is 7.72. The van der Waals surface area contributed by atoms with Crippen molar-refractivity contribution in [2.75, 3.05) is 0 Å². The van der Waals surface area contributed by atoms with Gasteiger partial charge in [0, 0.05) is 4.47 Å². The summed E-state index contributed by atoms with van der Waals surface area (Å²) in [4.78, 5) is 0. The summed E-state index contributed by atoms with van der Waals surface area (Å²) in [6, 6.07) is 2.58. The Kier molecular flexibility index (Phi) is 2.65. The number of halogens is 5. The first kappa shape index (κ1) is 11.4. The van der Waals surface area contributed by atoms with Gasteiger partial charge in [-0.1, -0.05) is 15.9 Å². The molecule has 0 saturated carbocycles. The fourth-order valence-electron chi connectivity index (χ4n) is 1.40. The summed E-state index contributed by atoms with van der Waals surface area (Å²) < 4.78 is 51.0. The van der Waals surface area contributed by atoms with Gasteiger partial charge < -0.3 is 0 Å².